The minimum Gasteiger partial charge on any atom is -0.399 e. The average Bonchev–Trinajstić information content (AvgIpc) is 2.28. The van der Waals surface area contributed by atoms with E-state index in [4.69, 9.17) is 5.73 Å². The van der Waals surface area contributed by atoms with Gasteiger partial charge >= 0.3 is 0 Å². The first kappa shape index (κ1) is 13.4. The summed E-state index contributed by atoms with van der Waals surface area (Å²) in [5.41, 5.74) is 5.42. The zero-order valence-corrected chi connectivity index (χ0v) is 9.33. The first-order valence-electron chi connectivity index (χ1n) is 5.02. The van der Waals surface area contributed by atoms with Crippen molar-refractivity contribution in [2.24, 2.45) is 0 Å². The van der Waals surface area contributed by atoms with Crippen molar-refractivity contribution in [3.63, 3.8) is 0 Å². The highest BCUT2D eigenvalue weighted by molar-refractivity contribution is 5.53. The van der Waals surface area contributed by atoms with Crippen molar-refractivity contribution in [1.29, 1.82) is 0 Å². The third kappa shape index (κ3) is 3.13. The summed E-state index contributed by atoms with van der Waals surface area (Å²) in [6.45, 7) is 0.128. The molecule has 0 heterocycles. The molecule has 5 N–H and O–H groups in total. The van der Waals surface area contributed by atoms with Gasteiger partial charge in [0.1, 0.15) is 6.10 Å². The third-order valence-corrected chi connectivity index (χ3v) is 2.35. The van der Waals surface area contributed by atoms with Gasteiger partial charge in [0, 0.05) is 18.3 Å². The summed E-state index contributed by atoms with van der Waals surface area (Å²) in [6.07, 6.45) is -2.45. The molecule has 0 aliphatic heterocycles. The molecule has 7 nitrogen and oxygen atoms in total. The maximum absolute atomic E-state index is 10.8. The molecular formula is C10H15N3O4. The van der Waals surface area contributed by atoms with Crippen molar-refractivity contribution in [1.82, 2.24) is 5.32 Å². The van der Waals surface area contributed by atoms with Crippen LogP contribution in [-0.2, 0) is 0 Å². The molecule has 0 saturated carbocycles. The number of aliphatic hydroxyl groups is 2. The smallest absolute Gasteiger partial charge is 0.277 e. The molecule has 0 aliphatic carbocycles. The summed E-state index contributed by atoms with van der Waals surface area (Å²) >= 11 is 0. The lowest BCUT2D eigenvalue weighted by molar-refractivity contribution is -0.386. The number of nitro groups is 1. The Kier molecular flexibility index (Phi) is 4.38. The number of nitrogen functional groups attached to an aromatic ring is 1. The Labute approximate surface area is 98.0 Å². The fourth-order valence-corrected chi connectivity index (χ4v) is 1.50. The van der Waals surface area contributed by atoms with Crippen LogP contribution in [0.15, 0.2) is 18.2 Å². The molecule has 0 fully saturated rings. The summed E-state index contributed by atoms with van der Waals surface area (Å²) in [5.74, 6) is 0. The molecule has 0 bridgehead atoms. The van der Waals surface area contributed by atoms with Gasteiger partial charge in [0.2, 0.25) is 0 Å². The van der Waals surface area contributed by atoms with E-state index in [0.29, 0.717) is 0 Å². The molecule has 0 spiro atoms. The first-order valence-corrected chi connectivity index (χ1v) is 5.02. The standard InChI is InChI=1S/C10H15N3O4/c1-12-5-9(14)10(15)7-3-2-6(11)4-8(7)13(16)17/h2-4,9-10,12,14-15H,5,11H2,1H3. The molecule has 17 heavy (non-hydrogen) atoms. The van der Waals surface area contributed by atoms with Gasteiger partial charge in [-0.2, -0.15) is 0 Å². The molecule has 1 rings (SSSR count). The topological polar surface area (TPSA) is 122 Å². The van der Waals surface area contributed by atoms with Crippen LogP contribution in [0.5, 0.6) is 0 Å². The van der Waals surface area contributed by atoms with Crippen LogP contribution in [0, 0.1) is 10.1 Å². The van der Waals surface area contributed by atoms with Gasteiger partial charge in [-0.25, -0.2) is 0 Å². The Hall–Kier alpha value is -1.70. The maximum Gasteiger partial charge on any atom is 0.277 e. The van der Waals surface area contributed by atoms with Crippen LogP contribution >= 0.6 is 0 Å². The van der Waals surface area contributed by atoms with Gasteiger partial charge in [-0.05, 0) is 19.2 Å². The van der Waals surface area contributed by atoms with E-state index in [2.05, 4.69) is 5.32 Å². The van der Waals surface area contributed by atoms with Gasteiger partial charge in [0.15, 0.2) is 0 Å². The fourth-order valence-electron chi connectivity index (χ4n) is 1.50. The molecule has 94 valence electrons. The van der Waals surface area contributed by atoms with Crippen LogP contribution < -0.4 is 11.1 Å². The Morgan fingerprint density at radius 2 is 2.18 bits per heavy atom. The Balaban J connectivity index is 3.08. The average molecular weight is 241 g/mol. The third-order valence-electron chi connectivity index (χ3n) is 2.35. The zero-order chi connectivity index (χ0) is 13.0. The van der Waals surface area contributed by atoms with E-state index >= 15 is 0 Å². The molecule has 0 amide bonds. The van der Waals surface area contributed by atoms with Gasteiger partial charge < -0.3 is 21.3 Å². The second kappa shape index (κ2) is 5.58. The number of benzene rings is 1. The van der Waals surface area contributed by atoms with E-state index in [1.807, 2.05) is 0 Å². The number of nitrogens with one attached hydrogen (secondary N) is 1. The molecule has 0 radical (unpaired) electrons. The molecule has 0 aliphatic rings. The van der Waals surface area contributed by atoms with Crippen molar-refractivity contribution in [3.8, 4) is 0 Å². The summed E-state index contributed by atoms with van der Waals surface area (Å²) in [5, 5.41) is 32.9. The predicted octanol–water partition coefficient (Wildman–Crippen LogP) is -0.209. The van der Waals surface area contributed by atoms with Gasteiger partial charge in [-0.3, -0.25) is 10.1 Å². The van der Waals surface area contributed by atoms with Crippen LogP contribution in [0.25, 0.3) is 0 Å². The van der Waals surface area contributed by atoms with Crippen LogP contribution in [0.3, 0.4) is 0 Å². The predicted molar refractivity (Wildman–Crippen MR) is 62.4 cm³/mol. The monoisotopic (exact) mass is 241 g/mol. The highest BCUT2D eigenvalue weighted by Crippen LogP contribution is 2.28. The number of hydrogen-bond donors (Lipinski definition) is 4. The number of nitro benzene ring substituents is 1. The zero-order valence-electron chi connectivity index (χ0n) is 9.33. The molecule has 2 unspecified atom stereocenters. The lowest BCUT2D eigenvalue weighted by Crippen LogP contribution is -2.29. The summed E-state index contributed by atoms with van der Waals surface area (Å²) in [6, 6.07) is 3.94. The second-order valence-electron chi connectivity index (χ2n) is 3.65. The van der Waals surface area contributed by atoms with Crippen LogP contribution in [0.2, 0.25) is 0 Å². The molecule has 2 atom stereocenters. The maximum atomic E-state index is 10.8. The molecule has 1 aromatic carbocycles. The van der Waals surface area contributed by atoms with E-state index in [-0.39, 0.29) is 23.5 Å². The van der Waals surface area contributed by atoms with Gasteiger partial charge in [0.05, 0.1) is 16.6 Å². The molecule has 0 saturated heterocycles. The largest absolute Gasteiger partial charge is 0.399 e. The van der Waals surface area contributed by atoms with Crippen LogP contribution in [0.4, 0.5) is 11.4 Å². The quantitative estimate of drug-likeness (QED) is 0.321. The molecular weight excluding hydrogens is 226 g/mol. The molecule has 7 heteroatoms. The highest BCUT2D eigenvalue weighted by atomic mass is 16.6. The van der Waals surface area contributed by atoms with Crippen molar-refractivity contribution in [2.75, 3.05) is 19.3 Å². The van der Waals surface area contributed by atoms with Crippen molar-refractivity contribution in [3.05, 3.63) is 33.9 Å². The van der Waals surface area contributed by atoms with E-state index in [9.17, 15) is 20.3 Å². The first-order chi connectivity index (χ1) is 7.97. The second-order valence-corrected chi connectivity index (χ2v) is 3.65. The van der Waals surface area contributed by atoms with Crippen molar-refractivity contribution >= 4 is 11.4 Å². The Bertz CT molecular complexity index is 411. The number of aliphatic hydroxyl groups excluding tert-OH is 2. The number of nitrogens with zero attached hydrogens (tertiary/aromatic N) is 1. The number of rotatable bonds is 5. The summed E-state index contributed by atoms with van der Waals surface area (Å²) in [7, 11) is 1.60. The lowest BCUT2D eigenvalue weighted by atomic mass is 10.0. The minimum absolute atomic E-state index is 0.0481. The van der Waals surface area contributed by atoms with Gasteiger partial charge in [0.25, 0.3) is 5.69 Å². The fraction of sp³-hybridized carbons (Fsp3) is 0.400. The summed E-state index contributed by atoms with van der Waals surface area (Å²) in [4.78, 5) is 10.2. The molecule has 0 aromatic heterocycles. The molecule has 1 aromatic rings. The number of hydrogen-bond acceptors (Lipinski definition) is 6. The van der Waals surface area contributed by atoms with Crippen LogP contribution in [-0.4, -0.2) is 34.8 Å². The van der Waals surface area contributed by atoms with E-state index < -0.39 is 17.1 Å². The van der Waals surface area contributed by atoms with E-state index in [1.165, 1.54) is 12.1 Å². The number of likely N-dealkylation sites (N-methyl/N-ethyl adjacent to an activating group) is 1. The number of nitrogens with two attached hydrogens (primary N) is 1. The Morgan fingerprint density at radius 3 is 2.71 bits per heavy atom. The van der Waals surface area contributed by atoms with Crippen molar-refractivity contribution < 1.29 is 15.1 Å². The van der Waals surface area contributed by atoms with E-state index in [0.717, 1.165) is 6.07 Å². The van der Waals surface area contributed by atoms with Gasteiger partial charge in [-0.15, -0.1) is 0 Å². The highest BCUT2D eigenvalue weighted by Gasteiger charge is 2.25. The number of anilines is 1. The normalized spacial score (nSPS) is 14.3. The van der Waals surface area contributed by atoms with E-state index in [1.54, 1.807) is 7.05 Å². The lowest BCUT2D eigenvalue weighted by Gasteiger charge is -2.17. The SMILES string of the molecule is CNCC(O)C(O)c1ccc(N)cc1[N+](=O)[O-]. The Morgan fingerprint density at radius 1 is 1.53 bits per heavy atom. The van der Waals surface area contributed by atoms with Crippen LogP contribution in [0.1, 0.15) is 11.7 Å². The van der Waals surface area contributed by atoms with Gasteiger partial charge in [-0.1, -0.05) is 0 Å². The van der Waals surface area contributed by atoms with Crippen molar-refractivity contribution in [2.45, 2.75) is 12.2 Å². The summed E-state index contributed by atoms with van der Waals surface area (Å²) < 4.78 is 0. The minimum atomic E-state index is -1.33.